The standard InChI is InChI=1S/C29H39N3O7/c1-19(2)17-24(32-28(37)39-29(3,4)5)25(33)30-22-14-11-21(12-15-22)18-38-27(36)31-23(26(34)35)16-13-20-9-7-6-8-10-20/h6-12,14-15,19,23-24H,13,16-18H2,1-5H3,(H,30,33)(H,31,36)(H,32,37)(H,34,35). The van der Waals surface area contributed by atoms with Crippen molar-refractivity contribution < 1.29 is 33.8 Å². The summed E-state index contributed by atoms with van der Waals surface area (Å²) in [5, 5.41) is 17.2. The van der Waals surface area contributed by atoms with E-state index in [0.717, 1.165) is 5.56 Å². The molecule has 2 aromatic carbocycles. The lowest BCUT2D eigenvalue weighted by Crippen LogP contribution is -2.46. The first-order valence-corrected chi connectivity index (χ1v) is 12.9. The number of benzene rings is 2. The van der Waals surface area contributed by atoms with Crippen LogP contribution >= 0.6 is 0 Å². The number of aryl methyl sites for hydroxylation is 1. The highest BCUT2D eigenvalue weighted by molar-refractivity contribution is 5.96. The number of carbonyl (C=O) groups is 4. The molecule has 212 valence electrons. The number of anilines is 1. The maximum absolute atomic E-state index is 12.8. The number of alkyl carbamates (subject to hydrolysis) is 2. The lowest BCUT2D eigenvalue weighted by atomic mass is 10.0. The number of nitrogens with one attached hydrogen (secondary N) is 3. The third-order valence-electron chi connectivity index (χ3n) is 5.46. The minimum Gasteiger partial charge on any atom is -0.480 e. The second-order valence-corrected chi connectivity index (χ2v) is 10.7. The van der Waals surface area contributed by atoms with Gasteiger partial charge < -0.3 is 30.5 Å². The largest absolute Gasteiger partial charge is 0.480 e. The molecule has 10 nitrogen and oxygen atoms in total. The zero-order valence-corrected chi connectivity index (χ0v) is 23.2. The topological polar surface area (TPSA) is 143 Å². The summed E-state index contributed by atoms with van der Waals surface area (Å²) in [5.74, 6) is -1.37. The predicted molar refractivity (Wildman–Crippen MR) is 147 cm³/mol. The Bertz CT molecular complexity index is 1100. The summed E-state index contributed by atoms with van der Waals surface area (Å²) in [6.07, 6.45) is -0.355. The highest BCUT2D eigenvalue weighted by atomic mass is 16.6. The van der Waals surface area contributed by atoms with Crippen molar-refractivity contribution in [2.75, 3.05) is 5.32 Å². The molecule has 4 N–H and O–H groups in total. The Morgan fingerprint density at radius 3 is 2.03 bits per heavy atom. The van der Waals surface area contributed by atoms with Crippen LogP contribution in [0.2, 0.25) is 0 Å². The first-order chi connectivity index (χ1) is 18.3. The third kappa shape index (κ3) is 12.3. The van der Waals surface area contributed by atoms with Crippen LogP contribution in [0.15, 0.2) is 54.6 Å². The number of amides is 3. The summed E-state index contributed by atoms with van der Waals surface area (Å²) in [5.41, 5.74) is 1.43. The Morgan fingerprint density at radius 2 is 1.46 bits per heavy atom. The Morgan fingerprint density at radius 1 is 0.846 bits per heavy atom. The minimum absolute atomic E-state index is 0.0821. The maximum atomic E-state index is 12.8. The van der Waals surface area contributed by atoms with Gasteiger partial charge in [-0.3, -0.25) is 4.79 Å². The van der Waals surface area contributed by atoms with E-state index in [1.165, 1.54) is 0 Å². The predicted octanol–water partition coefficient (Wildman–Crippen LogP) is 4.88. The fourth-order valence-corrected chi connectivity index (χ4v) is 3.61. The minimum atomic E-state index is -1.14. The molecule has 0 aliphatic carbocycles. The number of ether oxygens (including phenoxy) is 2. The van der Waals surface area contributed by atoms with Gasteiger partial charge in [0.1, 0.15) is 24.3 Å². The lowest BCUT2D eigenvalue weighted by Gasteiger charge is -2.24. The van der Waals surface area contributed by atoms with E-state index in [2.05, 4.69) is 16.0 Å². The maximum Gasteiger partial charge on any atom is 0.408 e. The SMILES string of the molecule is CC(C)CC(NC(=O)OC(C)(C)C)C(=O)Nc1ccc(COC(=O)NC(CCc2ccccc2)C(=O)O)cc1. The van der Waals surface area contributed by atoms with Gasteiger partial charge in [-0.1, -0.05) is 56.3 Å². The molecule has 2 unspecified atom stereocenters. The second-order valence-electron chi connectivity index (χ2n) is 10.7. The monoisotopic (exact) mass is 541 g/mol. The van der Waals surface area contributed by atoms with E-state index in [9.17, 15) is 24.3 Å². The Labute approximate surface area is 229 Å². The van der Waals surface area contributed by atoms with E-state index in [0.29, 0.717) is 24.1 Å². The van der Waals surface area contributed by atoms with Gasteiger partial charge in [-0.15, -0.1) is 0 Å². The van der Waals surface area contributed by atoms with E-state index in [1.54, 1.807) is 45.0 Å². The molecule has 0 spiro atoms. The Hall–Kier alpha value is -4.08. The number of carbonyl (C=O) groups excluding carboxylic acids is 3. The molecule has 3 amide bonds. The van der Waals surface area contributed by atoms with Gasteiger partial charge in [0, 0.05) is 5.69 Å². The zero-order valence-electron chi connectivity index (χ0n) is 23.2. The molecular formula is C29H39N3O7. The molecule has 0 bridgehead atoms. The molecule has 0 fully saturated rings. The van der Waals surface area contributed by atoms with Crippen molar-refractivity contribution in [3.05, 3.63) is 65.7 Å². The van der Waals surface area contributed by atoms with E-state index < -0.39 is 35.8 Å². The van der Waals surface area contributed by atoms with Crippen LogP contribution in [-0.4, -0.2) is 46.9 Å². The van der Waals surface area contributed by atoms with Crippen LogP contribution < -0.4 is 16.0 Å². The van der Waals surface area contributed by atoms with Crippen molar-refractivity contribution in [3.8, 4) is 0 Å². The molecule has 2 aromatic rings. The van der Waals surface area contributed by atoms with Crippen LogP contribution in [0, 0.1) is 5.92 Å². The highest BCUT2D eigenvalue weighted by Gasteiger charge is 2.25. The fraction of sp³-hybridized carbons (Fsp3) is 0.448. The molecule has 0 aliphatic heterocycles. The summed E-state index contributed by atoms with van der Waals surface area (Å²) < 4.78 is 10.5. The van der Waals surface area contributed by atoms with Crippen molar-refractivity contribution in [1.82, 2.24) is 10.6 Å². The van der Waals surface area contributed by atoms with E-state index in [-0.39, 0.29) is 24.9 Å². The van der Waals surface area contributed by atoms with Gasteiger partial charge in [0.25, 0.3) is 0 Å². The van der Waals surface area contributed by atoms with E-state index in [4.69, 9.17) is 9.47 Å². The third-order valence-corrected chi connectivity index (χ3v) is 5.46. The number of hydrogen-bond acceptors (Lipinski definition) is 6. The average molecular weight is 542 g/mol. The van der Waals surface area contributed by atoms with Crippen molar-refractivity contribution in [2.24, 2.45) is 5.92 Å². The number of aliphatic carboxylic acids is 1. The number of carboxylic acids is 1. The van der Waals surface area contributed by atoms with Crippen molar-refractivity contribution in [3.63, 3.8) is 0 Å². The summed E-state index contributed by atoms with van der Waals surface area (Å²) in [4.78, 5) is 48.8. The summed E-state index contributed by atoms with van der Waals surface area (Å²) in [7, 11) is 0. The molecule has 10 heteroatoms. The molecule has 0 heterocycles. The van der Waals surface area contributed by atoms with Gasteiger partial charge in [-0.25, -0.2) is 14.4 Å². The summed E-state index contributed by atoms with van der Waals surface area (Å²) in [6.45, 7) is 9.05. The number of carboxylic acid groups (broad SMARTS) is 1. The van der Waals surface area contributed by atoms with Crippen LogP contribution in [0.25, 0.3) is 0 Å². The molecular weight excluding hydrogens is 502 g/mol. The van der Waals surface area contributed by atoms with Crippen LogP contribution in [0.1, 0.15) is 58.6 Å². The van der Waals surface area contributed by atoms with Gasteiger partial charge >= 0.3 is 18.2 Å². The number of rotatable bonds is 12. The van der Waals surface area contributed by atoms with Crippen LogP contribution in [-0.2, 0) is 32.1 Å². The Balaban J connectivity index is 1.87. The van der Waals surface area contributed by atoms with Gasteiger partial charge in [-0.05, 0) is 69.2 Å². The van der Waals surface area contributed by atoms with Gasteiger partial charge in [-0.2, -0.15) is 0 Å². The molecule has 0 radical (unpaired) electrons. The van der Waals surface area contributed by atoms with E-state index >= 15 is 0 Å². The van der Waals surface area contributed by atoms with Crippen molar-refractivity contribution in [2.45, 2.75) is 78.2 Å². The van der Waals surface area contributed by atoms with Crippen molar-refractivity contribution in [1.29, 1.82) is 0 Å². The molecule has 0 aliphatic rings. The quantitative estimate of drug-likeness (QED) is 0.300. The van der Waals surface area contributed by atoms with Crippen molar-refractivity contribution >= 4 is 29.8 Å². The fourth-order valence-electron chi connectivity index (χ4n) is 3.61. The van der Waals surface area contributed by atoms with E-state index in [1.807, 2.05) is 44.2 Å². The van der Waals surface area contributed by atoms with Gasteiger partial charge in [0.15, 0.2) is 0 Å². The summed E-state index contributed by atoms with van der Waals surface area (Å²) in [6, 6.07) is 14.2. The Kier molecular flexibility index (Phi) is 11.8. The molecule has 2 rings (SSSR count). The molecule has 0 aromatic heterocycles. The molecule has 0 saturated carbocycles. The average Bonchev–Trinajstić information content (AvgIpc) is 2.84. The highest BCUT2D eigenvalue weighted by Crippen LogP contribution is 2.14. The van der Waals surface area contributed by atoms with Gasteiger partial charge in [0.05, 0.1) is 0 Å². The lowest BCUT2D eigenvalue weighted by molar-refractivity contribution is -0.139. The van der Waals surface area contributed by atoms with Crippen LogP contribution in [0.5, 0.6) is 0 Å². The first-order valence-electron chi connectivity index (χ1n) is 12.9. The summed E-state index contributed by atoms with van der Waals surface area (Å²) >= 11 is 0. The normalized spacial score (nSPS) is 12.7. The molecule has 0 saturated heterocycles. The van der Waals surface area contributed by atoms with Gasteiger partial charge in [0.2, 0.25) is 5.91 Å². The van der Waals surface area contributed by atoms with Crippen LogP contribution in [0.3, 0.4) is 0 Å². The second kappa shape index (κ2) is 14.8. The number of hydrogen-bond donors (Lipinski definition) is 4. The zero-order chi connectivity index (χ0) is 29.0. The molecule has 39 heavy (non-hydrogen) atoms. The first kappa shape index (κ1) is 31.1. The molecule has 2 atom stereocenters. The van der Waals surface area contributed by atoms with Crippen LogP contribution in [0.4, 0.5) is 15.3 Å². The smallest absolute Gasteiger partial charge is 0.408 e.